The minimum Gasteiger partial charge on any atom is -0.480 e. The maximum absolute atomic E-state index is 12.4. The van der Waals surface area contributed by atoms with Crippen LogP contribution in [0.1, 0.15) is 79.6 Å². The number of alkyl halides is 3. The first-order chi connectivity index (χ1) is 54.9. The number of rotatable bonds is 24. The number of imide groups is 3. The van der Waals surface area contributed by atoms with Crippen LogP contribution in [0.2, 0.25) is 0 Å². The Morgan fingerprint density at radius 2 is 0.815 bits per heavy atom. The zero-order valence-corrected chi connectivity index (χ0v) is 71.3. The van der Waals surface area contributed by atoms with E-state index < -0.39 is 136 Å². The summed E-state index contributed by atoms with van der Waals surface area (Å²) in [5.41, 5.74) is 4.95. The molecule has 0 spiro atoms. The molecule has 3 saturated heterocycles. The number of amides is 12. The molecule has 0 saturated carbocycles. The predicted molar refractivity (Wildman–Crippen MR) is 424 cm³/mol. The number of hydrazone groups is 3. The Morgan fingerprint density at radius 1 is 0.513 bits per heavy atom. The van der Waals surface area contributed by atoms with Crippen LogP contribution in [-0.4, -0.2) is 227 Å². The quantitative estimate of drug-likeness (QED) is 0.00478. The molecule has 12 amide bonds. The van der Waals surface area contributed by atoms with Gasteiger partial charge in [0.1, 0.15) is 84.1 Å². The number of benzene rings is 3. The first kappa shape index (κ1) is 103. The Balaban J connectivity index is 0.000000523. The monoisotopic (exact) mass is 1850 g/mol. The number of carbonyl (C=O) groups is 13. The van der Waals surface area contributed by atoms with Crippen LogP contribution in [0.15, 0.2) is 138 Å². The topological polar surface area (TPSA) is 596 Å². The second-order valence-corrected chi connectivity index (χ2v) is 27.8. The second-order valence-electron chi connectivity index (χ2n) is 25.6. The third-order valence-corrected chi connectivity index (χ3v) is 13.3. The first-order valence-electron chi connectivity index (χ1n) is 33.3. The number of nitro groups is 3. The number of alkyl carbamates (subject to hydrolysis) is 3. The van der Waals surface area contributed by atoms with Crippen molar-refractivity contribution in [1.29, 1.82) is 0 Å². The van der Waals surface area contributed by atoms with E-state index in [2.05, 4.69) is 68.6 Å². The molecule has 0 aliphatic carbocycles. The molecule has 119 heavy (non-hydrogen) atoms. The van der Waals surface area contributed by atoms with E-state index in [9.17, 15) is 92.7 Å². The molecule has 0 bridgehead atoms. The Hall–Kier alpha value is -12.2. The number of carboxylic acid groups (broad SMARTS) is 1. The van der Waals surface area contributed by atoms with Crippen LogP contribution < -0.4 is 51.2 Å². The van der Waals surface area contributed by atoms with Gasteiger partial charge < -0.3 is 78.8 Å². The minimum absolute atomic E-state index is 0. The summed E-state index contributed by atoms with van der Waals surface area (Å²) in [7, 11) is 0. The van der Waals surface area contributed by atoms with Crippen LogP contribution in [0.25, 0.3) is 39.3 Å². The fourth-order valence-corrected chi connectivity index (χ4v) is 8.32. The SMILES string of the molecule is CC(C)(C)OC(=O)NCC(=O)O.CC(C)(C)OC(=O)NCC(=O)OCCl.CC(C)(C)OC(=O)NCC(=O)OCN1C(=O)CN(/N=C/c2ccc(-c3ccc([N+](=O)[O-])cc3)o2)C1=O.Cl.ClCI.NCC(=O)OCN1C(=O)CN(/N=C/c2ccc(-c3ccc([N+](=O)[O-])cc3)o2)C1=O.O=C1CN(/N=C/c2ccc(-c3ccc([N+](=O)[O-])cc3)o2)C(=O)[N-]1.[Na+]. The fraction of sp³-hybridized carbons (Fsp3) is 0.333. The van der Waals surface area contributed by atoms with Crippen LogP contribution in [0.3, 0.4) is 0 Å². The van der Waals surface area contributed by atoms with Crippen LogP contribution >= 0.6 is 58.2 Å². The molecule has 3 aromatic heterocycles. The van der Waals surface area contributed by atoms with Crippen LogP contribution in [-0.2, 0) is 62.0 Å². The van der Waals surface area contributed by atoms with Gasteiger partial charge >= 0.3 is 83.8 Å². The summed E-state index contributed by atoms with van der Waals surface area (Å²) in [6, 6.07) is 24.6. The van der Waals surface area contributed by atoms with Gasteiger partial charge in [0.05, 0.1) is 43.8 Å². The number of nitrogens with two attached hydrogens (primary N) is 1. The van der Waals surface area contributed by atoms with Crippen molar-refractivity contribution in [3.05, 3.63) is 162 Å². The van der Waals surface area contributed by atoms with Gasteiger partial charge in [0, 0.05) is 59.6 Å². The molecule has 636 valence electrons. The summed E-state index contributed by atoms with van der Waals surface area (Å²) in [6.07, 6.45) is 1.56. The van der Waals surface area contributed by atoms with Gasteiger partial charge in [-0.15, -0.1) is 24.0 Å². The minimum atomic E-state index is -1.10. The van der Waals surface area contributed by atoms with Gasteiger partial charge in [-0.3, -0.25) is 73.8 Å². The van der Waals surface area contributed by atoms with Gasteiger partial charge in [-0.25, -0.2) is 43.8 Å². The molecule has 45 nitrogen and oxygen atoms in total. The number of nitrogens with one attached hydrogen (secondary N) is 3. The second kappa shape index (κ2) is 49.8. The van der Waals surface area contributed by atoms with Crippen molar-refractivity contribution in [3.63, 3.8) is 0 Å². The van der Waals surface area contributed by atoms with E-state index in [1.165, 1.54) is 67.2 Å². The fourth-order valence-electron chi connectivity index (χ4n) is 8.20. The molecule has 0 unspecified atom stereocenters. The van der Waals surface area contributed by atoms with Crippen molar-refractivity contribution in [1.82, 2.24) is 40.8 Å². The Kier molecular flexibility index (Phi) is 43.0. The van der Waals surface area contributed by atoms with E-state index in [4.69, 9.17) is 66.2 Å². The number of hydrogen-bond donors (Lipinski definition) is 5. The number of carboxylic acids is 1. The van der Waals surface area contributed by atoms with Crippen molar-refractivity contribution < 1.29 is 153 Å². The summed E-state index contributed by atoms with van der Waals surface area (Å²) < 4.78 is 46.0. The van der Waals surface area contributed by atoms with E-state index in [0.29, 0.717) is 54.3 Å². The Labute approximate surface area is 726 Å². The Bertz CT molecular complexity index is 4640. The van der Waals surface area contributed by atoms with Gasteiger partial charge in [0.2, 0.25) is 0 Å². The molecule has 6 N–H and O–H groups in total. The predicted octanol–water partition coefficient (Wildman–Crippen LogP) is 6.81. The van der Waals surface area contributed by atoms with Gasteiger partial charge in [0.25, 0.3) is 28.9 Å². The average Bonchev–Trinajstić information content (AvgIpc) is 1.70. The van der Waals surface area contributed by atoms with Gasteiger partial charge in [0.15, 0.2) is 31.5 Å². The molecule has 50 heteroatoms. The van der Waals surface area contributed by atoms with Crippen LogP contribution in [0, 0.1) is 30.3 Å². The van der Waals surface area contributed by atoms with Gasteiger partial charge in [-0.2, -0.15) is 10.2 Å². The first-order valence-corrected chi connectivity index (χ1v) is 35.9. The summed E-state index contributed by atoms with van der Waals surface area (Å²) in [6.45, 7) is 11.6. The number of furan rings is 3. The number of aliphatic carboxylic acids is 1. The summed E-state index contributed by atoms with van der Waals surface area (Å²) >= 11 is 12.2. The molecule has 6 heterocycles. The molecule has 3 aromatic carbocycles. The molecule has 3 fully saturated rings. The van der Waals surface area contributed by atoms with E-state index in [0.717, 1.165) is 19.9 Å². The molecule has 6 aromatic rings. The van der Waals surface area contributed by atoms with Crippen LogP contribution in [0.5, 0.6) is 0 Å². The zero-order chi connectivity index (χ0) is 87.5. The third kappa shape index (κ3) is 38.2. The largest absolute Gasteiger partial charge is 1.00 e. The van der Waals surface area contributed by atoms with E-state index in [1.54, 1.807) is 123 Å². The third-order valence-electron chi connectivity index (χ3n) is 13.2. The average molecular weight is 1850 g/mol. The number of ether oxygens (including phenoxy) is 6. The number of esters is 3. The summed E-state index contributed by atoms with van der Waals surface area (Å²) in [5, 5.41) is 64.4. The normalized spacial score (nSPS) is 12.9. The van der Waals surface area contributed by atoms with Gasteiger partial charge in [-0.1, -0.05) is 34.2 Å². The van der Waals surface area contributed by atoms with E-state index >= 15 is 0 Å². The number of hydrogen-bond acceptors (Lipinski definition) is 32. The number of nitrogens with zero attached hydrogens (tertiary/aromatic N) is 12. The summed E-state index contributed by atoms with van der Waals surface area (Å²) in [4.78, 5) is 180. The van der Waals surface area contributed by atoms with E-state index in [-0.39, 0.29) is 104 Å². The van der Waals surface area contributed by atoms with Crippen molar-refractivity contribution >= 4 is 172 Å². The van der Waals surface area contributed by atoms with Gasteiger partial charge in [-0.05, 0) is 135 Å². The van der Waals surface area contributed by atoms with Crippen molar-refractivity contribution in [2.45, 2.75) is 79.1 Å². The number of urea groups is 3. The smallest absolute Gasteiger partial charge is 0.480 e. The number of carbonyl (C=O) groups excluding carboxylic acids is 12. The molecule has 3 aliphatic heterocycles. The summed E-state index contributed by atoms with van der Waals surface area (Å²) in [5.74, 6) is -2.80. The number of halogens is 4. The molecule has 3 aliphatic rings. The van der Waals surface area contributed by atoms with Crippen molar-refractivity contribution in [2.24, 2.45) is 21.0 Å². The standard InChI is InChI=1S/C22H23N5O9.C17H15N5O7.C14H10N4O5.C8H14ClNO4.C7H13NO4.CH2ClI.ClH.Na/c1-22(2,3)36-20(30)23-11-19(29)34-13-25-18(28)12-26(21(25)31)24-10-16-8-9-17(35-16)14-4-6-15(7-5-14)27(32)33;18-7-16(24)28-10-20-15(23)9-21(17(20)25)19-8-13-5-6-14(29-13)11-1-3-12(4-2-11)22(26)27;19-13-8-17(14(20)16-13)15-7-11-5-6-12(23-11)9-1-3-10(4-2-9)18(21)22;1-8(2,3)14-7(12)10-4-6(11)13-5-9;1-7(2,3)12-6(11)8-4-5(9)10;2-1-3;;/h4-10H,11-13H2,1-3H3,(H,23,30);1-6,8H,7,9-10,18H2;1-7H,8H2,(H,16,19,20);4-5H2,1-3H3,(H,10,12);4H2,1-3H3,(H,8,11)(H,9,10);1H2;1H;/q;;;;;;;+1/p-1/b24-10+;19-8+;15-7+;;;;;. The van der Waals surface area contributed by atoms with Crippen molar-refractivity contribution in [3.8, 4) is 34.0 Å². The number of non-ortho nitro benzene ring substituents is 3. The molecular weight excluding hydrogens is 1770 g/mol. The maximum Gasteiger partial charge on any atom is 1.00 e. The molecule has 0 radical (unpaired) electrons. The number of nitro benzene ring substituents is 3. The van der Waals surface area contributed by atoms with E-state index in [1.807, 2.05) is 0 Å². The maximum atomic E-state index is 12.4. The van der Waals surface area contributed by atoms with Crippen molar-refractivity contribution in [2.75, 3.05) is 69.2 Å². The zero-order valence-electron chi connectivity index (χ0n) is 64.8. The molecular formula is C69H77Cl3IN16NaO29. The Morgan fingerprint density at radius 3 is 1.09 bits per heavy atom. The molecule has 0 atom stereocenters. The molecule has 9 rings (SSSR count). The van der Waals surface area contributed by atoms with Crippen LogP contribution in [0.4, 0.5) is 45.8 Å².